The van der Waals surface area contributed by atoms with E-state index in [4.69, 9.17) is 5.73 Å². The van der Waals surface area contributed by atoms with E-state index in [1.807, 2.05) is 11.7 Å². The topological polar surface area (TPSA) is 43.8 Å². The molecule has 0 bridgehead atoms. The maximum absolute atomic E-state index is 6.01. The summed E-state index contributed by atoms with van der Waals surface area (Å²) in [6.07, 6.45) is 2.91. The highest BCUT2D eigenvalue weighted by molar-refractivity contribution is 9.10. The fraction of sp³-hybridized carbons (Fsp3) is 0.471. The van der Waals surface area contributed by atoms with Gasteiger partial charge in [-0.3, -0.25) is 4.68 Å². The Hall–Kier alpha value is -1.13. The lowest BCUT2D eigenvalue weighted by molar-refractivity contribution is 0.508. The largest absolute Gasteiger partial charge is 0.330 e. The lowest BCUT2D eigenvalue weighted by Gasteiger charge is -2.16. The third-order valence-corrected chi connectivity index (χ3v) is 5.00. The summed E-state index contributed by atoms with van der Waals surface area (Å²) in [4.78, 5) is 0. The molecule has 1 aromatic carbocycles. The predicted octanol–water partition coefficient (Wildman–Crippen LogP) is 3.41. The summed E-state index contributed by atoms with van der Waals surface area (Å²) >= 11 is 3.70. The van der Waals surface area contributed by atoms with Crippen molar-refractivity contribution in [3.63, 3.8) is 0 Å². The number of aromatic nitrogens is 2. The molecule has 1 heterocycles. The summed E-state index contributed by atoms with van der Waals surface area (Å²) in [6.45, 7) is 4.98. The van der Waals surface area contributed by atoms with Crippen LogP contribution in [0.5, 0.6) is 0 Å². The van der Waals surface area contributed by atoms with Crippen LogP contribution in [0.25, 0.3) is 0 Å². The van der Waals surface area contributed by atoms with Crippen molar-refractivity contribution in [2.75, 3.05) is 6.54 Å². The first-order valence-electron chi connectivity index (χ1n) is 7.51. The first-order valence-corrected chi connectivity index (χ1v) is 8.30. The van der Waals surface area contributed by atoms with Gasteiger partial charge >= 0.3 is 0 Å². The van der Waals surface area contributed by atoms with Gasteiger partial charge in [-0.25, -0.2) is 0 Å². The van der Waals surface area contributed by atoms with Crippen molar-refractivity contribution in [3.05, 3.63) is 51.3 Å². The molecule has 114 valence electrons. The molecule has 2 aromatic rings. The molecule has 2 rings (SSSR count). The zero-order valence-corrected chi connectivity index (χ0v) is 14.7. The number of halogens is 1. The van der Waals surface area contributed by atoms with Crippen LogP contribution in [-0.2, 0) is 26.3 Å². The summed E-state index contributed by atoms with van der Waals surface area (Å²) in [7, 11) is 2.01. The van der Waals surface area contributed by atoms with Crippen LogP contribution in [0.15, 0.2) is 28.7 Å². The summed E-state index contributed by atoms with van der Waals surface area (Å²) in [6, 6.07) is 8.55. The average molecular weight is 350 g/mol. The average Bonchev–Trinajstić information content (AvgIpc) is 2.75. The standard InChI is InChI=1S/C17H24BrN3/c1-4-15-17(18)16(21(3)20-15)10-13(11-19)9-14-8-6-5-7-12(14)2/h5-8,13H,4,9-11,19H2,1-3H3. The van der Waals surface area contributed by atoms with Gasteiger partial charge < -0.3 is 5.73 Å². The lowest BCUT2D eigenvalue weighted by Crippen LogP contribution is -2.21. The van der Waals surface area contributed by atoms with Crippen molar-refractivity contribution in [1.29, 1.82) is 0 Å². The Morgan fingerprint density at radius 3 is 2.57 bits per heavy atom. The van der Waals surface area contributed by atoms with Gasteiger partial charge in [0.2, 0.25) is 0 Å². The van der Waals surface area contributed by atoms with E-state index in [0.717, 1.165) is 29.4 Å². The van der Waals surface area contributed by atoms with E-state index in [9.17, 15) is 0 Å². The fourth-order valence-electron chi connectivity index (χ4n) is 2.70. The highest BCUT2D eigenvalue weighted by Gasteiger charge is 2.17. The summed E-state index contributed by atoms with van der Waals surface area (Å²) in [5, 5.41) is 4.57. The van der Waals surface area contributed by atoms with Gasteiger partial charge in [-0.15, -0.1) is 0 Å². The summed E-state index contributed by atoms with van der Waals surface area (Å²) < 4.78 is 3.14. The normalized spacial score (nSPS) is 12.6. The number of rotatable bonds is 6. The van der Waals surface area contributed by atoms with E-state index in [1.54, 1.807) is 0 Å². The smallest absolute Gasteiger partial charge is 0.0766 e. The Bertz CT molecular complexity index is 604. The Labute approximate surface area is 135 Å². The van der Waals surface area contributed by atoms with Gasteiger partial charge in [0, 0.05) is 7.05 Å². The molecule has 0 amide bonds. The molecule has 0 saturated heterocycles. The van der Waals surface area contributed by atoms with Crippen LogP contribution in [0.4, 0.5) is 0 Å². The van der Waals surface area contributed by atoms with Crippen LogP contribution in [0, 0.1) is 12.8 Å². The van der Waals surface area contributed by atoms with Crippen molar-refractivity contribution in [3.8, 4) is 0 Å². The fourth-order valence-corrected chi connectivity index (χ4v) is 3.48. The van der Waals surface area contributed by atoms with Crippen LogP contribution in [-0.4, -0.2) is 16.3 Å². The first kappa shape index (κ1) is 16.2. The number of hydrogen-bond donors (Lipinski definition) is 1. The number of aryl methyl sites for hydroxylation is 3. The van der Waals surface area contributed by atoms with Crippen LogP contribution < -0.4 is 5.73 Å². The Kier molecular flexibility index (Phi) is 5.59. The third kappa shape index (κ3) is 3.74. The molecule has 4 heteroatoms. The molecule has 0 spiro atoms. The second-order valence-corrected chi connectivity index (χ2v) is 6.41. The van der Waals surface area contributed by atoms with E-state index in [0.29, 0.717) is 12.5 Å². The lowest BCUT2D eigenvalue weighted by atomic mass is 9.92. The van der Waals surface area contributed by atoms with Gasteiger partial charge in [0.15, 0.2) is 0 Å². The Balaban J connectivity index is 2.16. The maximum atomic E-state index is 6.01. The minimum Gasteiger partial charge on any atom is -0.330 e. The molecule has 0 radical (unpaired) electrons. The quantitative estimate of drug-likeness (QED) is 0.868. The van der Waals surface area contributed by atoms with E-state index in [-0.39, 0.29) is 0 Å². The molecular weight excluding hydrogens is 326 g/mol. The number of nitrogens with two attached hydrogens (primary N) is 1. The monoisotopic (exact) mass is 349 g/mol. The zero-order valence-electron chi connectivity index (χ0n) is 13.1. The Morgan fingerprint density at radius 2 is 2.00 bits per heavy atom. The summed E-state index contributed by atoms with van der Waals surface area (Å²) in [5.74, 6) is 0.433. The van der Waals surface area contributed by atoms with Crippen molar-refractivity contribution in [1.82, 2.24) is 9.78 Å². The maximum Gasteiger partial charge on any atom is 0.0766 e. The minimum atomic E-state index is 0.433. The predicted molar refractivity (Wildman–Crippen MR) is 91.4 cm³/mol. The molecular formula is C17H24BrN3. The molecule has 0 saturated carbocycles. The molecule has 0 aliphatic heterocycles. The van der Waals surface area contributed by atoms with Crippen LogP contribution in [0.1, 0.15) is 29.4 Å². The van der Waals surface area contributed by atoms with Gasteiger partial charge in [0.05, 0.1) is 15.9 Å². The van der Waals surface area contributed by atoms with E-state index < -0.39 is 0 Å². The minimum absolute atomic E-state index is 0.433. The molecule has 1 aromatic heterocycles. The molecule has 21 heavy (non-hydrogen) atoms. The van der Waals surface area contributed by atoms with Crippen molar-refractivity contribution < 1.29 is 0 Å². The molecule has 0 aliphatic rings. The molecule has 3 nitrogen and oxygen atoms in total. The highest BCUT2D eigenvalue weighted by atomic mass is 79.9. The van der Waals surface area contributed by atoms with Gasteiger partial charge in [0.1, 0.15) is 0 Å². The van der Waals surface area contributed by atoms with E-state index in [1.165, 1.54) is 16.8 Å². The summed E-state index contributed by atoms with van der Waals surface area (Å²) in [5.41, 5.74) is 11.1. The van der Waals surface area contributed by atoms with Gasteiger partial charge in [-0.05, 0) is 65.7 Å². The van der Waals surface area contributed by atoms with E-state index >= 15 is 0 Å². The second kappa shape index (κ2) is 7.23. The second-order valence-electron chi connectivity index (χ2n) is 5.62. The first-order chi connectivity index (χ1) is 10.1. The molecule has 0 aliphatic carbocycles. The van der Waals surface area contributed by atoms with Crippen LogP contribution in [0.2, 0.25) is 0 Å². The number of benzene rings is 1. The van der Waals surface area contributed by atoms with Crippen LogP contribution >= 0.6 is 15.9 Å². The molecule has 1 atom stereocenters. The van der Waals surface area contributed by atoms with E-state index in [2.05, 4.69) is 59.1 Å². The molecule has 0 fully saturated rings. The number of nitrogens with zero attached hydrogens (tertiary/aromatic N) is 2. The number of hydrogen-bond acceptors (Lipinski definition) is 2. The Morgan fingerprint density at radius 1 is 1.29 bits per heavy atom. The van der Waals surface area contributed by atoms with Crippen molar-refractivity contribution in [2.24, 2.45) is 18.7 Å². The SMILES string of the molecule is CCc1nn(C)c(CC(CN)Cc2ccccc2C)c1Br. The van der Waals surface area contributed by atoms with Crippen molar-refractivity contribution in [2.45, 2.75) is 33.1 Å². The van der Waals surface area contributed by atoms with Gasteiger partial charge in [0.25, 0.3) is 0 Å². The molecule has 1 unspecified atom stereocenters. The third-order valence-electron chi connectivity index (χ3n) is 4.09. The zero-order chi connectivity index (χ0) is 15.4. The van der Waals surface area contributed by atoms with Gasteiger partial charge in [-0.2, -0.15) is 5.10 Å². The molecule has 2 N–H and O–H groups in total. The highest BCUT2D eigenvalue weighted by Crippen LogP contribution is 2.25. The van der Waals surface area contributed by atoms with Crippen molar-refractivity contribution >= 4 is 15.9 Å². The van der Waals surface area contributed by atoms with Gasteiger partial charge in [-0.1, -0.05) is 31.2 Å². The van der Waals surface area contributed by atoms with Crippen LogP contribution in [0.3, 0.4) is 0 Å².